The van der Waals surface area contributed by atoms with Crippen LogP contribution in [0.5, 0.6) is 0 Å². The molecule has 1 aromatic heterocycles. The fourth-order valence-electron chi connectivity index (χ4n) is 4.80. The zero-order valence-electron chi connectivity index (χ0n) is 25.0. The lowest BCUT2D eigenvalue weighted by Gasteiger charge is -2.22. The second-order valence-corrected chi connectivity index (χ2v) is 14.8. The number of aromatic nitrogens is 3. The molecule has 0 saturated heterocycles. The quantitative estimate of drug-likeness (QED) is 0.154. The molecule has 1 N–H and O–H groups in total. The molecule has 5 rings (SSSR count). The highest BCUT2D eigenvalue weighted by atomic mass is 35.5. The minimum absolute atomic E-state index is 0.112. The highest BCUT2D eigenvalue weighted by Gasteiger charge is 2.29. The van der Waals surface area contributed by atoms with Gasteiger partial charge in [-0.2, -0.15) is 0 Å². The second kappa shape index (κ2) is 13.2. The van der Waals surface area contributed by atoms with Crippen molar-refractivity contribution in [3.8, 4) is 5.69 Å². The van der Waals surface area contributed by atoms with E-state index >= 15 is 0 Å². The highest BCUT2D eigenvalue weighted by molar-refractivity contribution is 7.98. The van der Waals surface area contributed by atoms with Gasteiger partial charge in [-0.15, -0.1) is 10.2 Å². The predicted octanol–water partition coefficient (Wildman–Crippen LogP) is 8.22. The first-order chi connectivity index (χ1) is 20.9. The Bertz CT molecular complexity index is 1840. The fraction of sp³-hybridized carbons (Fsp3) is 0.235. The normalized spacial score (nSPS) is 12.8. The van der Waals surface area contributed by atoms with Crippen LogP contribution in [0.1, 0.15) is 54.9 Å². The molecule has 0 bridgehead atoms. The summed E-state index contributed by atoms with van der Waals surface area (Å²) in [7, 11) is -3.96. The number of thioether (sulfide) groups is 1. The molecule has 4 aromatic carbocycles. The molecule has 1 atom stereocenters. The molecule has 228 valence electrons. The van der Waals surface area contributed by atoms with Crippen LogP contribution in [0.25, 0.3) is 5.69 Å². The van der Waals surface area contributed by atoms with Gasteiger partial charge in [0.05, 0.1) is 16.6 Å². The molecule has 0 aliphatic rings. The van der Waals surface area contributed by atoms with E-state index in [0.29, 0.717) is 28.2 Å². The van der Waals surface area contributed by atoms with Gasteiger partial charge in [0.1, 0.15) is 5.82 Å². The smallest absolute Gasteiger partial charge is 0.241 e. The Morgan fingerprint density at radius 1 is 0.909 bits per heavy atom. The van der Waals surface area contributed by atoms with E-state index in [9.17, 15) is 12.8 Å². The Labute approximate surface area is 267 Å². The number of hydrogen-bond donors (Lipinski definition) is 1. The van der Waals surface area contributed by atoms with Gasteiger partial charge in [0, 0.05) is 10.8 Å². The largest absolute Gasteiger partial charge is 0.272 e. The first-order valence-electron chi connectivity index (χ1n) is 14.2. The van der Waals surface area contributed by atoms with Crippen LogP contribution in [0.4, 0.5) is 4.39 Å². The van der Waals surface area contributed by atoms with Crippen molar-refractivity contribution in [3.63, 3.8) is 0 Å². The molecular formula is C34H34ClFN4O2S2. The maximum absolute atomic E-state index is 13.9. The van der Waals surface area contributed by atoms with Crippen LogP contribution in [0, 0.1) is 12.7 Å². The maximum atomic E-state index is 13.9. The summed E-state index contributed by atoms with van der Waals surface area (Å²) in [5, 5.41) is 10.2. The Morgan fingerprint density at radius 2 is 1.59 bits per heavy atom. The number of sulfonamides is 1. The molecule has 0 fully saturated rings. The molecule has 0 saturated carbocycles. The lowest BCUT2D eigenvalue weighted by molar-refractivity contribution is 0.536. The average Bonchev–Trinajstić information content (AvgIpc) is 3.41. The summed E-state index contributed by atoms with van der Waals surface area (Å²) < 4.78 is 46.0. The van der Waals surface area contributed by atoms with Gasteiger partial charge in [0.15, 0.2) is 11.0 Å². The van der Waals surface area contributed by atoms with Crippen molar-refractivity contribution in [3.05, 3.63) is 136 Å². The zero-order chi connectivity index (χ0) is 31.5. The van der Waals surface area contributed by atoms with Gasteiger partial charge in [0.2, 0.25) is 10.0 Å². The van der Waals surface area contributed by atoms with Gasteiger partial charge in [0.25, 0.3) is 0 Å². The Hall–Kier alpha value is -3.50. The summed E-state index contributed by atoms with van der Waals surface area (Å²) in [5.41, 5.74) is 4.43. The number of hydrogen-bond acceptors (Lipinski definition) is 5. The molecule has 0 aliphatic heterocycles. The monoisotopic (exact) mass is 648 g/mol. The third kappa shape index (κ3) is 7.58. The lowest BCUT2D eigenvalue weighted by Crippen LogP contribution is -2.32. The Balaban J connectivity index is 1.58. The number of aryl methyl sites for hydroxylation is 1. The first-order valence-corrected chi connectivity index (χ1v) is 17.0. The first kappa shape index (κ1) is 31.9. The van der Waals surface area contributed by atoms with Crippen molar-refractivity contribution in [1.29, 1.82) is 0 Å². The van der Waals surface area contributed by atoms with Crippen molar-refractivity contribution in [2.45, 2.75) is 61.4 Å². The molecule has 1 unspecified atom stereocenters. The van der Waals surface area contributed by atoms with E-state index in [1.54, 1.807) is 30.3 Å². The minimum Gasteiger partial charge on any atom is -0.272 e. The van der Waals surface area contributed by atoms with E-state index in [-0.39, 0.29) is 16.1 Å². The molecule has 5 aromatic rings. The standard InChI is InChI=1S/C34H34ClFN4O2S2/c1-23-10-15-27(35)21-31(23)40-32(37-38-33(40)43-22-25-11-16-28(36)17-12-25)30(20-24-8-6-5-7-9-24)39-44(41,42)29-18-13-26(14-19-29)34(2,3)4/h5-19,21,30,39H,20,22H2,1-4H3. The van der Waals surface area contributed by atoms with Gasteiger partial charge in [-0.05, 0) is 77.4 Å². The lowest BCUT2D eigenvalue weighted by atomic mass is 9.87. The third-order valence-electron chi connectivity index (χ3n) is 7.27. The summed E-state index contributed by atoms with van der Waals surface area (Å²) in [6.07, 6.45) is 0.334. The topological polar surface area (TPSA) is 76.9 Å². The predicted molar refractivity (Wildman–Crippen MR) is 175 cm³/mol. The number of nitrogens with zero attached hydrogens (tertiary/aromatic N) is 3. The zero-order valence-corrected chi connectivity index (χ0v) is 27.3. The van der Waals surface area contributed by atoms with Crippen LogP contribution in [0.3, 0.4) is 0 Å². The van der Waals surface area contributed by atoms with Gasteiger partial charge in [-0.1, -0.05) is 105 Å². The van der Waals surface area contributed by atoms with E-state index in [4.69, 9.17) is 11.6 Å². The molecule has 0 amide bonds. The third-order valence-corrected chi connectivity index (χ3v) is 10.00. The number of benzene rings is 4. The van der Waals surface area contributed by atoms with Gasteiger partial charge in [-0.25, -0.2) is 17.5 Å². The van der Waals surface area contributed by atoms with E-state index < -0.39 is 16.1 Å². The summed E-state index contributed by atoms with van der Waals surface area (Å²) in [6, 6.07) is 27.7. The molecule has 10 heteroatoms. The van der Waals surface area contributed by atoms with Crippen molar-refractivity contribution in [2.24, 2.45) is 0 Å². The number of nitrogens with one attached hydrogen (secondary N) is 1. The van der Waals surface area contributed by atoms with Crippen molar-refractivity contribution < 1.29 is 12.8 Å². The Kier molecular flexibility index (Phi) is 9.60. The molecule has 0 spiro atoms. The minimum atomic E-state index is -3.96. The molecule has 0 aliphatic carbocycles. The van der Waals surface area contributed by atoms with Crippen LogP contribution in [0.15, 0.2) is 107 Å². The van der Waals surface area contributed by atoms with Crippen LogP contribution in [0.2, 0.25) is 5.02 Å². The van der Waals surface area contributed by atoms with E-state index in [1.807, 2.05) is 66.1 Å². The van der Waals surface area contributed by atoms with E-state index in [1.165, 1.54) is 23.9 Å². The van der Waals surface area contributed by atoms with Crippen LogP contribution in [-0.2, 0) is 27.6 Å². The Morgan fingerprint density at radius 3 is 2.25 bits per heavy atom. The van der Waals surface area contributed by atoms with E-state index in [2.05, 4.69) is 35.7 Å². The summed E-state index contributed by atoms with van der Waals surface area (Å²) in [4.78, 5) is 0.166. The van der Waals surface area contributed by atoms with Crippen LogP contribution in [-0.4, -0.2) is 23.2 Å². The SMILES string of the molecule is Cc1ccc(Cl)cc1-n1c(SCc2ccc(F)cc2)nnc1C(Cc1ccccc1)NS(=O)(=O)c1ccc(C(C)(C)C)cc1. The van der Waals surface area contributed by atoms with Gasteiger partial charge < -0.3 is 0 Å². The second-order valence-electron chi connectivity index (χ2n) is 11.7. The number of rotatable bonds is 10. The van der Waals surface area contributed by atoms with Gasteiger partial charge in [-0.3, -0.25) is 4.57 Å². The fourth-order valence-corrected chi connectivity index (χ4v) is 7.07. The summed E-state index contributed by atoms with van der Waals surface area (Å²) in [6.45, 7) is 8.21. The summed E-state index contributed by atoms with van der Waals surface area (Å²) in [5.74, 6) is 0.631. The molecule has 0 radical (unpaired) electrons. The highest BCUT2D eigenvalue weighted by Crippen LogP contribution is 2.32. The van der Waals surface area contributed by atoms with Crippen molar-refractivity contribution in [1.82, 2.24) is 19.5 Å². The van der Waals surface area contributed by atoms with E-state index in [0.717, 1.165) is 27.9 Å². The van der Waals surface area contributed by atoms with Crippen molar-refractivity contribution in [2.75, 3.05) is 0 Å². The molecule has 1 heterocycles. The average molecular weight is 649 g/mol. The van der Waals surface area contributed by atoms with Gasteiger partial charge >= 0.3 is 0 Å². The van der Waals surface area contributed by atoms with Crippen LogP contribution < -0.4 is 4.72 Å². The molecular weight excluding hydrogens is 615 g/mol. The molecule has 44 heavy (non-hydrogen) atoms. The van der Waals surface area contributed by atoms with Crippen molar-refractivity contribution >= 4 is 33.4 Å². The van der Waals surface area contributed by atoms with Crippen LogP contribution >= 0.6 is 23.4 Å². The molecule has 6 nitrogen and oxygen atoms in total. The maximum Gasteiger partial charge on any atom is 0.241 e. The summed E-state index contributed by atoms with van der Waals surface area (Å²) >= 11 is 7.88. The number of halogens is 2.